The van der Waals surface area contributed by atoms with Gasteiger partial charge in [0.1, 0.15) is 12.0 Å². The normalized spacial score (nSPS) is 20.8. The molecular formula is C23H26N4O3. The summed E-state index contributed by atoms with van der Waals surface area (Å²) in [5, 5.41) is 8.55. The fourth-order valence-electron chi connectivity index (χ4n) is 3.41. The van der Waals surface area contributed by atoms with Crippen LogP contribution in [0.3, 0.4) is 0 Å². The highest BCUT2D eigenvalue weighted by molar-refractivity contribution is 5.98. The zero-order valence-electron chi connectivity index (χ0n) is 16.8. The van der Waals surface area contributed by atoms with Crippen LogP contribution in [0.2, 0.25) is 0 Å². The molecule has 2 aromatic rings. The van der Waals surface area contributed by atoms with Crippen LogP contribution >= 0.6 is 0 Å². The van der Waals surface area contributed by atoms with Crippen LogP contribution in [0.1, 0.15) is 30.5 Å². The lowest BCUT2D eigenvalue weighted by molar-refractivity contribution is -0.209. The fourth-order valence-corrected chi connectivity index (χ4v) is 3.41. The zero-order chi connectivity index (χ0) is 21.6. The summed E-state index contributed by atoms with van der Waals surface area (Å²) in [6, 6.07) is 19.4. The van der Waals surface area contributed by atoms with Gasteiger partial charge in [0.25, 0.3) is 5.91 Å². The summed E-state index contributed by atoms with van der Waals surface area (Å²) in [6.07, 6.45) is 1.89. The van der Waals surface area contributed by atoms with Gasteiger partial charge in [0, 0.05) is 18.3 Å². The van der Waals surface area contributed by atoms with Gasteiger partial charge in [-0.2, -0.15) is 0 Å². The second-order valence-electron chi connectivity index (χ2n) is 7.27. The molecule has 156 valence electrons. The first-order valence-corrected chi connectivity index (χ1v) is 9.63. The van der Waals surface area contributed by atoms with E-state index in [2.05, 4.69) is 22.5 Å². The van der Waals surface area contributed by atoms with Crippen molar-refractivity contribution in [2.24, 2.45) is 5.73 Å². The van der Waals surface area contributed by atoms with Crippen molar-refractivity contribution in [1.29, 1.82) is 0 Å². The lowest BCUT2D eigenvalue weighted by Crippen LogP contribution is -2.62. The van der Waals surface area contributed by atoms with Crippen molar-refractivity contribution >= 4 is 12.3 Å². The lowest BCUT2D eigenvalue weighted by Gasteiger charge is -2.43. The molecule has 2 amide bonds. The van der Waals surface area contributed by atoms with E-state index in [9.17, 15) is 9.59 Å². The predicted octanol–water partition coefficient (Wildman–Crippen LogP) is 2.05. The Morgan fingerprint density at radius 1 is 1.17 bits per heavy atom. The molecular weight excluding hydrogens is 380 g/mol. The average molecular weight is 406 g/mol. The molecule has 0 aromatic heterocycles. The van der Waals surface area contributed by atoms with Crippen molar-refractivity contribution in [2.45, 2.75) is 31.3 Å². The third-order valence-corrected chi connectivity index (χ3v) is 4.83. The molecule has 0 bridgehead atoms. The number of benzene rings is 2. The highest BCUT2D eigenvalue weighted by atomic mass is 16.6. The number of hydrogen-bond acceptors (Lipinski definition) is 5. The van der Waals surface area contributed by atoms with E-state index in [1.54, 1.807) is 6.92 Å². The summed E-state index contributed by atoms with van der Waals surface area (Å²) < 4.78 is 5.43. The number of carbonyl (C=O) groups is 2. The number of hydrogen-bond donors (Lipinski definition) is 4. The molecule has 30 heavy (non-hydrogen) atoms. The Bertz CT molecular complexity index is 882. The van der Waals surface area contributed by atoms with Crippen molar-refractivity contribution in [2.75, 3.05) is 0 Å². The number of nitrogens with two attached hydrogens (primary N) is 1. The van der Waals surface area contributed by atoms with Crippen LogP contribution in [0.4, 0.5) is 0 Å². The maximum atomic E-state index is 12.9. The largest absolute Gasteiger partial charge is 0.374 e. The van der Waals surface area contributed by atoms with Crippen LogP contribution in [-0.2, 0) is 14.3 Å². The quantitative estimate of drug-likeness (QED) is 0.290. The Morgan fingerprint density at radius 3 is 2.17 bits per heavy atom. The predicted molar refractivity (Wildman–Crippen MR) is 115 cm³/mol. The van der Waals surface area contributed by atoms with Gasteiger partial charge >= 0.3 is 0 Å². The Kier molecular flexibility index (Phi) is 6.66. The van der Waals surface area contributed by atoms with Crippen LogP contribution in [0.15, 0.2) is 84.7 Å². The maximum Gasteiger partial charge on any atom is 0.257 e. The number of rotatable bonds is 9. The molecule has 0 spiro atoms. The molecule has 2 atom stereocenters. The first kappa shape index (κ1) is 21.3. The third kappa shape index (κ3) is 5.14. The van der Waals surface area contributed by atoms with Crippen molar-refractivity contribution in [3.63, 3.8) is 0 Å². The zero-order valence-corrected chi connectivity index (χ0v) is 16.8. The summed E-state index contributed by atoms with van der Waals surface area (Å²) in [5.41, 5.74) is 7.37. The maximum absolute atomic E-state index is 12.9. The van der Waals surface area contributed by atoms with Gasteiger partial charge in [0.2, 0.25) is 6.41 Å². The van der Waals surface area contributed by atoms with Gasteiger partial charge in [-0.25, -0.2) is 0 Å². The molecule has 5 N–H and O–H groups in total. The van der Waals surface area contributed by atoms with E-state index in [1.807, 2.05) is 60.7 Å². The number of amides is 2. The van der Waals surface area contributed by atoms with Gasteiger partial charge in [-0.1, -0.05) is 67.2 Å². The van der Waals surface area contributed by atoms with E-state index in [4.69, 9.17) is 10.5 Å². The molecule has 7 nitrogen and oxygen atoms in total. The van der Waals surface area contributed by atoms with E-state index < -0.39 is 17.9 Å². The SMILES string of the molecule is C=C(NC(c1ccccc1)c1ccccc1)/C(=C/NC=O)C(=O)NC1(C)CC(N)O1. The molecule has 0 aliphatic carbocycles. The highest BCUT2D eigenvalue weighted by Crippen LogP contribution is 2.28. The van der Waals surface area contributed by atoms with Crippen LogP contribution in [0, 0.1) is 0 Å². The molecule has 1 saturated heterocycles. The highest BCUT2D eigenvalue weighted by Gasteiger charge is 2.41. The number of ether oxygens (including phenoxy) is 1. The first-order chi connectivity index (χ1) is 14.4. The summed E-state index contributed by atoms with van der Waals surface area (Å²) in [5.74, 6) is -0.434. The molecule has 0 saturated carbocycles. The van der Waals surface area contributed by atoms with Gasteiger partial charge in [0.05, 0.1) is 11.6 Å². The van der Waals surface area contributed by atoms with E-state index in [0.29, 0.717) is 18.5 Å². The van der Waals surface area contributed by atoms with Crippen molar-refractivity contribution < 1.29 is 14.3 Å². The molecule has 1 heterocycles. The fraction of sp³-hybridized carbons (Fsp3) is 0.217. The third-order valence-electron chi connectivity index (χ3n) is 4.83. The molecule has 3 rings (SSSR count). The molecule has 1 aliphatic rings. The van der Waals surface area contributed by atoms with Gasteiger partial charge in [-0.05, 0) is 18.1 Å². The van der Waals surface area contributed by atoms with Gasteiger partial charge in [0.15, 0.2) is 0 Å². The van der Waals surface area contributed by atoms with Crippen molar-refractivity contribution in [3.8, 4) is 0 Å². The van der Waals surface area contributed by atoms with Crippen molar-refractivity contribution in [3.05, 3.63) is 95.8 Å². The van der Waals surface area contributed by atoms with Crippen LogP contribution in [-0.4, -0.2) is 24.3 Å². The van der Waals surface area contributed by atoms with E-state index >= 15 is 0 Å². The second-order valence-corrected chi connectivity index (χ2v) is 7.27. The van der Waals surface area contributed by atoms with Crippen LogP contribution in [0.25, 0.3) is 0 Å². The van der Waals surface area contributed by atoms with Gasteiger partial charge in [-0.15, -0.1) is 0 Å². The first-order valence-electron chi connectivity index (χ1n) is 9.63. The molecule has 1 fully saturated rings. The van der Waals surface area contributed by atoms with Crippen LogP contribution in [0.5, 0.6) is 0 Å². The minimum atomic E-state index is -0.852. The summed E-state index contributed by atoms with van der Waals surface area (Å²) >= 11 is 0. The summed E-state index contributed by atoms with van der Waals surface area (Å²) in [6.45, 7) is 5.79. The lowest BCUT2D eigenvalue weighted by atomic mass is 9.97. The molecule has 1 aliphatic heterocycles. The van der Waals surface area contributed by atoms with E-state index in [1.165, 1.54) is 6.20 Å². The number of carbonyl (C=O) groups excluding carboxylic acids is 2. The molecule has 2 aromatic carbocycles. The molecule has 2 unspecified atom stereocenters. The van der Waals surface area contributed by atoms with Crippen LogP contribution < -0.4 is 21.7 Å². The minimum Gasteiger partial charge on any atom is -0.374 e. The molecule has 7 heteroatoms. The van der Waals surface area contributed by atoms with E-state index in [0.717, 1.165) is 11.1 Å². The Hall–Kier alpha value is -3.42. The number of nitrogens with one attached hydrogen (secondary N) is 3. The topological polar surface area (TPSA) is 105 Å². The minimum absolute atomic E-state index is 0.184. The monoisotopic (exact) mass is 406 g/mol. The van der Waals surface area contributed by atoms with E-state index in [-0.39, 0.29) is 11.6 Å². The Balaban J connectivity index is 1.83. The summed E-state index contributed by atoms with van der Waals surface area (Å²) in [4.78, 5) is 23.7. The molecule has 0 radical (unpaired) electrons. The second kappa shape index (κ2) is 9.39. The Morgan fingerprint density at radius 2 is 1.70 bits per heavy atom. The van der Waals surface area contributed by atoms with Crippen molar-refractivity contribution in [1.82, 2.24) is 16.0 Å². The van der Waals surface area contributed by atoms with Gasteiger partial charge in [-0.3, -0.25) is 9.59 Å². The standard InChI is InChI=1S/C23H26N4O3/c1-16(19(14-25-15-28)22(29)27-23(2)13-20(24)30-23)26-21(17-9-5-3-6-10-17)18-11-7-4-8-12-18/h3-12,14-15,20-21,26H,1,13,24H2,2H3,(H,25,28)(H,27,29)/b19-14-. The van der Waals surface area contributed by atoms with Gasteiger partial charge < -0.3 is 26.4 Å². The smallest absolute Gasteiger partial charge is 0.257 e. The Labute approximate surface area is 176 Å². The summed E-state index contributed by atoms with van der Waals surface area (Å²) in [7, 11) is 0. The average Bonchev–Trinajstić information content (AvgIpc) is 2.72.